The van der Waals surface area contributed by atoms with Crippen molar-refractivity contribution in [3.63, 3.8) is 0 Å². The third-order valence-corrected chi connectivity index (χ3v) is 5.09. The first-order chi connectivity index (χ1) is 14.0. The molecule has 1 unspecified atom stereocenters. The van der Waals surface area contributed by atoms with Gasteiger partial charge in [-0.25, -0.2) is 13.6 Å². The highest BCUT2D eigenvalue weighted by atomic mass is 19.1. The molecule has 158 valence electrons. The molecule has 0 fully saturated rings. The number of rotatable bonds is 11. The minimum atomic E-state index is -0.852. The van der Waals surface area contributed by atoms with Gasteiger partial charge in [0, 0.05) is 5.69 Å². The summed E-state index contributed by atoms with van der Waals surface area (Å²) in [6.45, 7) is 6.28. The summed E-state index contributed by atoms with van der Waals surface area (Å²) in [7, 11) is 0. The monoisotopic (exact) mass is 403 g/mol. The van der Waals surface area contributed by atoms with Crippen molar-refractivity contribution in [2.45, 2.75) is 65.0 Å². The van der Waals surface area contributed by atoms with Gasteiger partial charge in [0.2, 0.25) is 0 Å². The summed E-state index contributed by atoms with van der Waals surface area (Å²) in [6, 6.07) is 10.7. The summed E-state index contributed by atoms with van der Waals surface area (Å²) in [5.74, 6) is -0.922. The molecule has 1 N–H and O–H groups in total. The lowest BCUT2D eigenvalue weighted by atomic mass is 9.91. The highest BCUT2D eigenvalue weighted by molar-refractivity contribution is 5.81. The van der Waals surface area contributed by atoms with Gasteiger partial charge in [-0.2, -0.15) is 0 Å². The van der Waals surface area contributed by atoms with Gasteiger partial charge in [-0.15, -0.1) is 0 Å². The SMILES string of the molecule is CCCC(CCC)[C@H](CC)OC(=O)C(Nc1cccc(F)c1)c1ccc(F)cc1. The maximum Gasteiger partial charge on any atom is 0.333 e. The van der Waals surface area contributed by atoms with E-state index in [2.05, 4.69) is 19.2 Å². The Kier molecular flexibility index (Phi) is 9.10. The molecule has 0 bridgehead atoms. The number of ether oxygens (including phenoxy) is 1. The Hall–Kier alpha value is -2.43. The molecular weight excluding hydrogens is 372 g/mol. The number of benzene rings is 2. The highest BCUT2D eigenvalue weighted by Crippen LogP contribution is 2.27. The van der Waals surface area contributed by atoms with E-state index >= 15 is 0 Å². The van der Waals surface area contributed by atoms with Gasteiger partial charge in [0.05, 0.1) is 0 Å². The van der Waals surface area contributed by atoms with E-state index in [0.29, 0.717) is 17.2 Å². The van der Waals surface area contributed by atoms with Crippen molar-refractivity contribution >= 4 is 11.7 Å². The zero-order chi connectivity index (χ0) is 21.2. The minimum absolute atomic E-state index is 0.181. The van der Waals surface area contributed by atoms with Crippen LogP contribution < -0.4 is 5.32 Å². The van der Waals surface area contributed by atoms with E-state index in [1.807, 2.05) is 6.92 Å². The molecule has 5 heteroatoms. The smallest absolute Gasteiger partial charge is 0.333 e. The number of anilines is 1. The molecule has 2 aromatic rings. The summed E-state index contributed by atoms with van der Waals surface area (Å²) in [6.07, 6.45) is 4.60. The topological polar surface area (TPSA) is 38.3 Å². The summed E-state index contributed by atoms with van der Waals surface area (Å²) >= 11 is 0. The van der Waals surface area contributed by atoms with E-state index in [0.717, 1.165) is 32.1 Å². The van der Waals surface area contributed by atoms with Gasteiger partial charge >= 0.3 is 5.97 Å². The molecular formula is C24H31F2NO2. The van der Waals surface area contributed by atoms with Gasteiger partial charge in [-0.3, -0.25) is 0 Å². The lowest BCUT2D eigenvalue weighted by Crippen LogP contribution is -2.32. The molecule has 2 rings (SSSR count). The van der Waals surface area contributed by atoms with Crippen molar-refractivity contribution < 1.29 is 18.3 Å². The largest absolute Gasteiger partial charge is 0.460 e. The zero-order valence-corrected chi connectivity index (χ0v) is 17.5. The van der Waals surface area contributed by atoms with Crippen molar-refractivity contribution in [3.8, 4) is 0 Å². The quantitative estimate of drug-likeness (QED) is 0.427. The van der Waals surface area contributed by atoms with Crippen molar-refractivity contribution in [3.05, 3.63) is 65.7 Å². The molecule has 0 amide bonds. The first kappa shape index (κ1) is 22.9. The first-order valence-corrected chi connectivity index (χ1v) is 10.5. The van der Waals surface area contributed by atoms with Crippen LogP contribution in [-0.4, -0.2) is 12.1 Å². The van der Waals surface area contributed by atoms with E-state index in [-0.39, 0.29) is 11.9 Å². The number of hydrogen-bond acceptors (Lipinski definition) is 3. The van der Waals surface area contributed by atoms with Crippen LogP contribution >= 0.6 is 0 Å². The Labute approximate surface area is 172 Å². The van der Waals surface area contributed by atoms with Crippen molar-refractivity contribution in [1.29, 1.82) is 0 Å². The predicted molar refractivity (Wildman–Crippen MR) is 113 cm³/mol. The fourth-order valence-electron chi connectivity index (χ4n) is 3.67. The van der Waals surface area contributed by atoms with Crippen LogP contribution in [0.4, 0.5) is 14.5 Å². The summed E-state index contributed by atoms with van der Waals surface area (Å²) in [5, 5.41) is 3.05. The van der Waals surface area contributed by atoms with E-state index in [1.54, 1.807) is 24.3 Å². The standard InChI is InChI=1S/C24H31F2NO2/c1-4-8-17(9-5-2)22(6-3)29-24(28)23(18-12-14-19(25)15-13-18)27-21-11-7-10-20(26)16-21/h7,10-17,22-23,27H,4-6,8-9H2,1-3H3/t22-,23?/m0/s1. The first-order valence-electron chi connectivity index (χ1n) is 10.5. The molecule has 29 heavy (non-hydrogen) atoms. The summed E-state index contributed by atoms with van der Waals surface area (Å²) < 4.78 is 32.9. The fraction of sp³-hybridized carbons (Fsp3) is 0.458. The average Bonchev–Trinajstić information content (AvgIpc) is 2.71. The van der Waals surface area contributed by atoms with Crippen molar-refractivity contribution in [2.24, 2.45) is 5.92 Å². The molecule has 2 atom stereocenters. The molecule has 0 aliphatic carbocycles. The maximum absolute atomic E-state index is 13.6. The predicted octanol–water partition coefficient (Wildman–Crippen LogP) is 6.66. The van der Waals surface area contributed by atoms with Gasteiger partial charge in [-0.05, 0) is 61.1 Å². The van der Waals surface area contributed by atoms with Crippen molar-refractivity contribution in [2.75, 3.05) is 5.32 Å². The summed E-state index contributed by atoms with van der Waals surface area (Å²) in [4.78, 5) is 13.1. The van der Waals surface area contributed by atoms with Crippen LogP contribution in [0.3, 0.4) is 0 Å². The second-order valence-electron chi connectivity index (χ2n) is 7.36. The second-order valence-corrected chi connectivity index (χ2v) is 7.36. The number of carbonyl (C=O) groups excluding carboxylic acids is 1. The molecule has 0 radical (unpaired) electrons. The van der Waals surface area contributed by atoms with Crippen LogP contribution in [0, 0.1) is 17.6 Å². The van der Waals surface area contributed by atoms with E-state index in [9.17, 15) is 13.6 Å². The third-order valence-electron chi connectivity index (χ3n) is 5.09. The van der Waals surface area contributed by atoms with Crippen LogP contribution in [0.15, 0.2) is 48.5 Å². The van der Waals surface area contributed by atoms with E-state index in [1.165, 1.54) is 24.3 Å². The molecule has 0 aromatic heterocycles. The Balaban J connectivity index is 2.26. The Morgan fingerprint density at radius 3 is 2.17 bits per heavy atom. The van der Waals surface area contributed by atoms with Crippen LogP contribution in [0.1, 0.15) is 64.5 Å². The van der Waals surface area contributed by atoms with E-state index in [4.69, 9.17) is 4.74 Å². The van der Waals surface area contributed by atoms with Crippen molar-refractivity contribution in [1.82, 2.24) is 0 Å². The van der Waals surface area contributed by atoms with Gasteiger partial charge in [0.15, 0.2) is 6.04 Å². The molecule has 0 aliphatic rings. The number of carbonyl (C=O) groups is 1. The van der Waals surface area contributed by atoms with Crippen LogP contribution in [0.5, 0.6) is 0 Å². The van der Waals surface area contributed by atoms with Gasteiger partial charge < -0.3 is 10.1 Å². The Morgan fingerprint density at radius 2 is 1.62 bits per heavy atom. The zero-order valence-electron chi connectivity index (χ0n) is 17.5. The highest BCUT2D eigenvalue weighted by Gasteiger charge is 2.28. The normalized spacial score (nSPS) is 13.2. The Bertz CT molecular complexity index is 758. The average molecular weight is 404 g/mol. The lowest BCUT2D eigenvalue weighted by Gasteiger charge is -2.28. The minimum Gasteiger partial charge on any atom is -0.460 e. The summed E-state index contributed by atoms with van der Waals surface area (Å²) in [5.41, 5.74) is 1.03. The van der Waals surface area contributed by atoms with Gasteiger partial charge in [0.25, 0.3) is 0 Å². The molecule has 0 spiro atoms. The van der Waals surface area contributed by atoms with Crippen LogP contribution in [0.25, 0.3) is 0 Å². The number of halogens is 2. The molecule has 0 aliphatic heterocycles. The number of nitrogens with one attached hydrogen (secondary N) is 1. The van der Waals surface area contributed by atoms with Gasteiger partial charge in [0.1, 0.15) is 17.7 Å². The molecule has 3 nitrogen and oxygen atoms in total. The van der Waals surface area contributed by atoms with Crippen LogP contribution in [-0.2, 0) is 9.53 Å². The van der Waals surface area contributed by atoms with Crippen LogP contribution in [0.2, 0.25) is 0 Å². The molecule has 2 aromatic carbocycles. The van der Waals surface area contributed by atoms with Gasteiger partial charge in [-0.1, -0.05) is 51.8 Å². The second kappa shape index (κ2) is 11.5. The number of hydrogen-bond donors (Lipinski definition) is 1. The number of esters is 1. The molecule has 0 saturated heterocycles. The Morgan fingerprint density at radius 1 is 0.966 bits per heavy atom. The maximum atomic E-state index is 13.6. The third kappa shape index (κ3) is 6.84. The fourth-order valence-corrected chi connectivity index (χ4v) is 3.67. The lowest BCUT2D eigenvalue weighted by molar-refractivity contribution is -0.153. The van der Waals surface area contributed by atoms with E-state index < -0.39 is 17.8 Å². The molecule has 0 saturated carbocycles. The molecule has 0 heterocycles.